The van der Waals surface area contributed by atoms with Crippen LogP contribution in [0.25, 0.3) is 0 Å². The molecule has 12 heavy (non-hydrogen) atoms. The molecule has 0 saturated heterocycles. The molecule has 0 aromatic rings. The molecule has 0 aromatic carbocycles. The van der Waals surface area contributed by atoms with E-state index in [2.05, 4.69) is 39.7 Å². The molecule has 1 nitrogen and oxygen atoms in total. The van der Waals surface area contributed by atoms with Crippen LogP contribution in [0, 0.1) is 0 Å². The van der Waals surface area contributed by atoms with Crippen LogP contribution in [-0.2, 0) is 4.74 Å². The summed E-state index contributed by atoms with van der Waals surface area (Å²) in [5.74, 6) is 0. The van der Waals surface area contributed by atoms with E-state index in [1.807, 2.05) is 0 Å². The Kier molecular flexibility index (Phi) is 4.49. The van der Waals surface area contributed by atoms with E-state index >= 15 is 0 Å². The van der Waals surface area contributed by atoms with E-state index in [1.54, 1.807) is 6.08 Å². The third kappa shape index (κ3) is 3.88. The van der Waals surface area contributed by atoms with Gasteiger partial charge in [0, 0.05) is 0 Å². The molecule has 0 rings (SSSR count). The van der Waals surface area contributed by atoms with Gasteiger partial charge in [0.25, 0.3) is 0 Å². The lowest BCUT2D eigenvalue weighted by Crippen LogP contribution is -2.31. The molecule has 70 valence electrons. The van der Waals surface area contributed by atoms with Gasteiger partial charge in [-0.25, -0.2) is 0 Å². The minimum absolute atomic E-state index is 0.176. The minimum Gasteiger partial charge on any atom is -0.371 e. The molecule has 0 aliphatic carbocycles. The van der Waals surface area contributed by atoms with Crippen LogP contribution < -0.4 is 0 Å². The normalized spacial score (nSPS) is 14.0. The van der Waals surface area contributed by atoms with Crippen molar-refractivity contribution in [1.82, 2.24) is 0 Å². The van der Waals surface area contributed by atoms with Crippen molar-refractivity contribution in [3.63, 3.8) is 0 Å². The molecule has 2 heteroatoms. The summed E-state index contributed by atoms with van der Waals surface area (Å²) in [6, 6.07) is 0. The Bertz CT molecular complexity index is 167. The van der Waals surface area contributed by atoms with Gasteiger partial charge in [0.1, 0.15) is 0 Å². The zero-order valence-corrected chi connectivity index (χ0v) is 9.68. The lowest BCUT2D eigenvalue weighted by atomic mass is 10.4. The third-order valence-electron chi connectivity index (χ3n) is 1.92. The second-order valence-electron chi connectivity index (χ2n) is 4.04. The van der Waals surface area contributed by atoms with Crippen molar-refractivity contribution < 1.29 is 4.74 Å². The minimum atomic E-state index is -1.23. The van der Waals surface area contributed by atoms with E-state index in [9.17, 15) is 0 Å². The van der Waals surface area contributed by atoms with Crippen molar-refractivity contribution in [2.45, 2.75) is 32.7 Å². The van der Waals surface area contributed by atoms with E-state index in [0.29, 0.717) is 6.61 Å². The first kappa shape index (κ1) is 11.7. The lowest BCUT2D eigenvalue weighted by Gasteiger charge is -2.25. The fraction of sp³-hybridized carbons (Fsp3) is 0.600. The summed E-state index contributed by atoms with van der Waals surface area (Å²) in [6.45, 7) is 17.2. The number of hydrogen-bond acceptors (Lipinski definition) is 1. The van der Waals surface area contributed by atoms with Crippen LogP contribution in [0.4, 0.5) is 0 Å². The maximum absolute atomic E-state index is 5.50. The largest absolute Gasteiger partial charge is 0.371 e. The van der Waals surface area contributed by atoms with Gasteiger partial charge >= 0.3 is 0 Å². The maximum Gasteiger partial charge on any atom is 0.0750 e. The molecule has 0 heterocycles. The van der Waals surface area contributed by atoms with Gasteiger partial charge in [0.05, 0.1) is 20.8 Å². The van der Waals surface area contributed by atoms with Crippen LogP contribution in [-0.4, -0.2) is 20.8 Å². The summed E-state index contributed by atoms with van der Waals surface area (Å²) >= 11 is 0. The van der Waals surface area contributed by atoms with E-state index in [-0.39, 0.29) is 6.10 Å². The molecule has 0 bridgehead atoms. The van der Waals surface area contributed by atoms with Crippen molar-refractivity contribution in [3.05, 3.63) is 24.4 Å². The van der Waals surface area contributed by atoms with Gasteiger partial charge in [0.2, 0.25) is 0 Å². The summed E-state index contributed by atoms with van der Waals surface area (Å²) in [4.78, 5) is 0. The predicted octanol–water partition coefficient (Wildman–Crippen LogP) is 3.01. The van der Waals surface area contributed by atoms with Gasteiger partial charge in [-0.1, -0.05) is 30.9 Å². The molecule has 0 aliphatic rings. The Morgan fingerprint density at radius 1 is 1.50 bits per heavy atom. The summed E-state index contributed by atoms with van der Waals surface area (Å²) in [6.07, 6.45) is 1.95. The first-order valence-corrected chi connectivity index (χ1v) is 7.81. The SMILES string of the molecule is C=CCOC(C)C(=C)[Si](C)(C)C. The lowest BCUT2D eigenvalue weighted by molar-refractivity contribution is 0.119. The molecule has 1 unspecified atom stereocenters. The molecular weight excluding hydrogens is 164 g/mol. The molecule has 0 aliphatic heterocycles. The van der Waals surface area contributed by atoms with Crippen LogP contribution in [0.15, 0.2) is 24.4 Å². The Morgan fingerprint density at radius 3 is 2.33 bits per heavy atom. The van der Waals surface area contributed by atoms with E-state index in [0.717, 1.165) is 0 Å². The second-order valence-corrected chi connectivity index (χ2v) is 9.18. The molecule has 1 atom stereocenters. The second kappa shape index (κ2) is 4.63. The Balaban J connectivity index is 4.02. The number of rotatable bonds is 5. The monoisotopic (exact) mass is 184 g/mol. The summed E-state index contributed by atoms with van der Waals surface area (Å²) in [7, 11) is -1.23. The van der Waals surface area contributed by atoms with Gasteiger partial charge in [-0.05, 0) is 6.92 Å². The number of ether oxygens (including phenoxy) is 1. The molecule has 0 aromatic heterocycles. The van der Waals surface area contributed by atoms with Gasteiger partial charge < -0.3 is 4.74 Å². The van der Waals surface area contributed by atoms with E-state index in [1.165, 1.54) is 5.20 Å². The van der Waals surface area contributed by atoms with Crippen LogP contribution in [0.1, 0.15) is 6.92 Å². The average Bonchev–Trinajstić information content (AvgIpc) is 1.97. The first-order valence-electron chi connectivity index (χ1n) is 4.31. The van der Waals surface area contributed by atoms with E-state index in [4.69, 9.17) is 4.74 Å². The molecule has 0 radical (unpaired) electrons. The third-order valence-corrected chi connectivity index (χ3v) is 4.25. The van der Waals surface area contributed by atoms with Crippen LogP contribution in [0.2, 0.25) is 19.6 Å². The van der Waals surface area contributed by atoms with Gasteiger partial charge in [-0.2, -0.15) is 0 Å². The highest BCUT2D eigenvalue weighted by molar-refractivity contribution is 6.83. The molecule has 0 spiro atoms. The smallest absolute Gasteiger partial charge is 0.0750 e. The molecule has 0 saturated carbocycles. The standard InChI is InChI=1S/C10H20OSi/c1-7-8-11-9(2)10(3)12(4,5)6/h7,9H,1,3,8H2,2,4-6H3. The van der Waals surface area contributed by atoms with E-state index < -0.39 is 8.07 Å². The summed E-state index contributed by atoms with van der Waals surface area (Å²) in [5.41, 5.74) is 0. The average molecular weight is 184 g/mol. The Labute approximate surface area is 77.1 Å². The Morgan fingerprint density at radius 2 is 2.00 bits per heavy atom. The highest BCUT2D eigenvalue weighted by atomic mass is 28.3. The molecule has 0 amide bonds. The molecule has 0 N–H and O–H groups in total. The van der Waals surface area contributed by atoms with Crippen molar-refractivity contribution >= 4 is 8.07 Å². The zero-order chi connectivity index (χ0) is 9.78. The highest BCUT2D eigenvalue weighted by Crippen LogP contribution is 2.17. The van der Waals surface area contributed by atoms with Crippen molar-refractivity contribution in [1.29, 1.82) is 0 Å². The van der Waals surface area contributed by atoms with Crippen molar-refractivity contribution in [2.75, 3.05) is 6.61 Å². The summed E-state index contributed by atoms with van der Waals surface area (Å²) < 4.78 is 5.50. The first-order chi connectivity index (χ1) is 5.39. The zero-order valence-electron chi connectivity index (χ0n) is 8.68. The van der Waals surface area contributed by atoms with Gasteiger partial charge in [-0.3, -0.25) is 0 Å². The van der Waals surface area contributed by atoms with Crippen LogP contribution in [0.5, 0.6) is 0 Å². The van der Waals surface area contributed by atoms with Crippen LogP contribution >= 0.6 is 0 Å². The fourth-order valence-corrected chi connectivity index (χ4v) is 2.23. The number of hydrogen-bond donors (Lipinski definition) is 0. The molecular formula is C10H20OSi. The topological polar surface area (TPSA) is 9.23 Å². The fourth-order valence-electron chi connectivity index (χ4n) is 0.923. The predicted molar refractivity (Wildman–Crippen MR) is 58.1 cm³/mol. The Hall–Kier alpha value is -0.343. The van der Waals surface area contributed by atoms with Gasteiger partial charge in [-0.15, -0.1) is 13.2 Å². The maximum atomic E-state index is 5.50. The van der Waals surface area contributed by atoms with Crippen molar-refractivity contribution in [3.8, 4) is 0 Å². The highest BCUT2D eigenvalue weighted by Gasteiger charge is 2.22. The molecule has 0 fully saturated rings. The van der Waals surface area contributed by atoms with Crippen LogP contribution in [0.3, 0.4) is 0 Å². The van der Waals surface area contributed by atoms with Gasteiger partial charge in [0.15, 0.2) is 0 Å². The van der Waals surface area contributed by atoms with Crippen molar-refractivity contribution in [2.24, 2.45) is 0 Å². The summed E-state index contributed by atoms with van der Waals surface area (Å²) in [5, 5.41) is 1.27. The quantitative estimate of drug-likeness (QED) is 0.471.